The summed E-state index contributed by atoms with van der Waals surface area (Å²) in [5.41, 5.74) is 2.42. The summed E-state index contributed by atoms with van der Waals surface area (Å²) in [4.78, 5) is 12.7. The van der Waals surface area contributed by atoms with Gasteiger partial charge in [0.25, 0.3) is 0 Å². The third kappa shape index (κ3) is 5.23. The first kappa shape index (κ1) is 22.9. The fourth-order valence-corrected chi connectivity index (χ4v) is 4.26. The first-order chi connectivity index (χ1) is 16.0. The predicted octanol–water partition coefficient (Wildman–Crippen LogP) is 5.13. The Morgan fingerprint density at radius 2 is 1.85 bits per heavy atom. The van der Waals surface area contributed by atoms with Gasteiger partial charge in [0, 0.05) is 18.3 Å². The van der Waals surface area contributed by atoms with Crippen molar-refractivity contribution in [3.63, 3.8) is 0 Å². The van der Waals surface area contributed by atoms with Gasteiger partial charge in [-0.3, -0.25) is 9.36 Å². The molecule has 0 saturated heterocycles. The van der Waals surface area contributed by atoms with Crippen LogP contribution in [0.5, 0.6) is 11.5 Å². The Labute approximate surface area is 201 Å². The Morgan fingerprint density at radius 1 is 1.09 bits per heavy atom. The molecule has 33 heavy (non-hydrogen) atoms. The number of hydrogen-bond donors (Lipinski definition) is 0. The lowest BCUT2D eigenvalue weighted by atomic mass is 10.2. The number of ether oxygens (including phenoxy) is 2. The molecule has 0 spiro atoms. The molecule has 0 radical (unpaired) electrons. The zero-order valence-electron chi connectivity index (χ0n) is 18.5. The standard InChI is InChI=1S/C24H23ClN4O3S/c1-16-6-7-17(13-20(16)25)29-23(14-32-19-10-8-18(31-3)9-11-19)26-27-24(29)33-15-22(30)21-5-4-12-28(21)2/h4-13H,14-15H2,1-3H3. The molecule has 170 valence electrons. The first-order valence-electron chi connectivity index (χ1n) is 10.2. The number of aryl methyl sites for hydroxylation is 2. The molecule has 2 heterocycles. The van der Waals surface area contributed by atoms with E-state index in [0.29, 0.717) is 27.4 Å². The van der Waals surface area contributed by atoms with E-state index in [9.17, 15) is 4.79 Å². The van der Waals surface area contributed by atoms with Gasteiger partial charge in [0.15, 0.2) is 16.8 Å². The molecule has 0 fully saturated rings. The number of Topliss-reactive ketones (excluding diaryl/α,β-unsaturated/α-hetero) is 1. The van der Waals surface area contributed by atoms with Crippen LogP contribution in [0.1, 0.15) is 21.9 Å². The van der Waals surface area contributed by atoms with E-state index in [1.165, 1.54) is 11.8 Å². The number of hydrogen-bond acceptors (Lipinski definition) is 6. The highest BCUT2D eigenvalue weighted by Gasteiger charge is 2.18. The molecule has 0 bridgehead atoms. The molecule has 0 saturated carbocycles. The SMILES string of the molecule is COc1ccc(OCc2nnc(SCC(=O)c3cccn3C)n2-c2ccc(C)c(Cl)c2)cc1. The summed E-state index contributed by atoms with van der Waals surface area (Å²) in [5, 5.41) is 9.90. The molecular formula is C24H23ClN4O3S. The zero-order valence-corrected chi connectivity index (χ0v) is 20.1. The molecule has 0 aliphatic rings. The molecule has 9 heteroatoms. The minimum atomic E-state index is 0.0139. The monoisotopic (exact) mass is 482 g/mol. The summed E-state index contributed by atoms with van der Waals surface area (Å²) in [6.07, 6.45) is 1.85. The van der Waals surface area contributed by atoms with Gasteiger partial charge in [-0.05, 0) is 61.0 Å². The molecule has 7 nitrogen and oxygen atoms in total. The highest BCUT2D eigenvalue weighted by molar-refractivity contribution is 7.99. The van der Waals surface area contributed by atoms with E-state index < -0.39 is 0 Å². The van der Waals surface area contributed by atoms with Gasteiger partial charge < -0.3 is 14.0 Å². The number of methoxy groups -OCH3 is 1. The van der Waals surface area contributed by atoms with Gasteiger partial charge in [0.2, 0.25) is 0 Å². The fourth-order valence-electron chi connectivity index (χ4n) is 3.24. The molecule has 0 N–H and O–H groups in total. The van der Waals surface area contributed by atoms with Gasteiger partial charge in [-0.25, -0.2) is 0 Å². The van der Waals surface area contributed by atoms with Gasteiger partial charge in [0.1, 0.15) is 18.1 Å². The topological polar surface area (TPSA) is 71.2 Å². The summed E-state index contributed by atoms with van der Waals surface area (Å²) in [6, 6.07) is 16.7. The van der Waals surface area contributed by atoms with Crippen LogP contribution < -0.4 is 9.47 Å². The lowest BCUT2D eigenvalue weighted by Crippen LogP contribution is -2.10. The van der Waals surface area contributed by atoms with Crippen molar-refractivity contribution in [2.75, 3.05) is 12.9 Å². The van der Waals surface area contributed by atoms with Crippen LogP contribution in [0.15, 0.2) is 66.0 Å². The lowest BCUT2D eigenvalue weighted by molar-refractivity contribution is 0.101. The van der Waals surface area contributed by atoms with Crippen LogP contribution in [0.3, 0.4) is 0 Å². The number of rotatable bonds is 9. The van der Waals surface area contributed by atoms with Gasteiger partial charge in [0.05, 0.1) is 24.2 Å². The average Bonchev–Trinajstić information content (AvgIpc) is 3.44. The van der Waals surface area contributed by atoms with Crippen molar-refractivity contribution in [3.8, 4) is 17.2 Å². The smallest absolute Gasteiger partial charge is 0.196 e. The van der Waals surface area contributed by atoms with Crippen LogP contribution in [0, 0.1) is 6.92 Å². The van der Waals surface area contributed by atoms with E-state index in [0.717, 1.165) is 17.0 Å². The molecule has 4 aromatic rings. The van der Waals surface area contributed by atoms with E-state index in [2.05, 4.69) is 10.2 Å². The maximum atomic E-state index is 12.7. The Morgan fingerprint density at radius 3 is 2.52 bits per heavy atom. The van der Waals surface area contributed by atoms with Crippen molar-refractivity contribution in [1.29, 1.82) is 0 Å². The van der Waals surface area contributed by atoms with E-state index in [-0.39, 0.29) is 18.1 Å². The van der Waals surface area contributed by atoms with Crippen molar-refractivity contribution < 1.29 is 14.3 Å². The number of thioether (sulfide) groups is 1. The third-order valence-electron chi connectivity index (χ3n) is 5.10. The van der Waals surface area contributed by atoms with Gasteiger partial charge in [-0.2, -0.15) is 0 Å². The fraction of sp³-hybridized carbons (Fsp3) is 0.208. The second kappa shape index (κ2) is 10.1. The van der Waals surface area contributed by atoms with Crippen LogP contribution >= 0.6 is 23.4 Å². The maximum absolute atomic E-state index is 12.7. The molecule has 4 rings (SSSR count). The van der Waals surface area contributed by atoms with Crippen LogP contribution in [-0.2, 0) is 13.7 Å². The highest BCUT2D eigenvalue weighted by atomic mass is 35.5. The number of ketones is 1. The van der Waals surface area contributed by atoms with Crippen LogP contribution in [0.2, 0.25) is 5.02 Å². The second-order valence-electron chi connectivity index (χ2n) is 7.35. The maximum Gasteiger partial charge on any atom is 0.196 e. The predicted molar refractivity (Wildman–Crippen MR) is 129 cm³/mol. The molecule has 0 amide bonds. The molecule has 0 unspecified atom stereocenters. The van der Waals surface area contributed by atoms with Gasteiger partial charge in [-0.15, -0.1) is 10.2 Å². The molecule has 0 aliphatic heterocycles. The molecule has 0 atom stereocenters. The molecular weight excluding hydrogens is 460 g/mol. The van der Waals surface area contributed by atoms with E-state index >= 15 is 0 Å². The van der Waals surface area contributed by atoms with Crippen molar-refractivity contribution in [2.24, 2.45) is 7.05 Å². The van der Waals surface area contributed by atoms with Crippen LogP contribution in [0.4, 0.5) is 0 Å². The Hall–Kier alpha value is -3.23. The van der Waals surface area contributed by atoms with Crippen LogP contribution in [-0.4, -0.2) is 38.0 Å². The molecule has 2 aromatic heterocycles. The van der Waals surface area contributed by atoms with Crippen LogP contribution in [0.25, 0.3) is 5.69 Å². The number of nitrogens with zero attached hydrogens (tertiary/aromatic N) is 4. The van der Waals surface area contributed by atoms with Gasteiger partial charge in [-0.1, -0.05) is 29.4 Å². The number of halogens is 1. The number of benzene rings is 2. The van der Waals surface area contributed by atoms with Crippen molar-refractivity contribution in [1.82, 2.24) is 19.3 Å². The quantitative estimate of drug-likeness (QED) is 0.243. The summed E-state index contributed by atoms with van der Waals surface area (Å²) in [6.45, 7) is 2.14. The van der Waals surface area contributed by atoms with E-state index in [1.807, 2.05) is 83.9 Å². The second-order valence-corrected chi connectivity index (χ2v) is 8.70. The average molecular weight is 483 g/mol. The minimum absolute atomic E-state index is 0.0139. The summed E-state index contributed by atoms with van der Waals surface area (Å²) in [7, 11) is 3.47. The van der Waals surface area contributed by atoms with Crippen molar-refractivity contribution in [2.45, 2.75) is 18.7 Å². The molecule has 2 aromatic carbocycles. The summed E-state index contributed by atoms with van der Waals surface area (Å²) in [5.74, 6) is 2.27. The zero-order chi connectivity index (χ0) is 23.4. The van der Waals surface area contributed by atoms with E-state index in [4.69, 9.17) is 21.1 Å². The molecule has 0 aliphatic carbocycles. The Bertz CT molecular complexity index is 1270. The number of aromatic nitrogens is 4. The number of carbonyl (C=O) groups excluding carboxylic acids is 1. The van der Waals surface area contributed by atoms with Gasteiger partial charge >= 0.3 is 0 Å². The third-order valence-corrected chi connectivity index (χ3v) is 6.44. The first-order valence-corrected chi connectivity index (χ1v) is 11.6. The number of carbonyl (C=O) groups is 1. The van der Waals surface area contributed by atoms with Crippen molar-refractivity contribution >= 4 is 29.1 Å². The Balaban J connectivity index is 1.59. The van der Waals surface area contributed by atoms with Crippen molar-refractivity contribution in [3.05, 3.63) is 82.9 Å². The summed E-state index contributed by atoms with van der Waals surface area (Å²) >= 11 is 7.71. The largest absolute Gasteiger partial charge is 0.497 e. The summed E-state index contributed by atoms with van der Waals surface area (Å²) < 4.78 is 14.8. The Kier molecular flexibility index (Phi) is 7.05. The minimum Gasteiger partial charge on any atom is -0.497 e. The van der Waals surface area contributed by atoms with E-state index in [1.54, 1.807) is 7.11 Å². The lowest BCUT2D eigenvalue weighted by Gasteiger charge is -2.12. The highest BCUT2D eigenvalue weighted by Crippen LogP contribution is 2.27. The normalized spacial score (nSPS) is 10.9.